The van der Waals surface area contributed by atoms with E-state index in [2.05, 4.69) is 23.7 Å². The second-order valence-electron chi connectivity index (χ2n) is 12.0. The fourth-order valence-electron chi connectivity index (χ4n) is 5.61. The Balaban J connectivity index is 3.58. The summed E-state index contributed by atoms with van der Waals surface area (Å²) in [6.07, 6.45) is 40.7. The molecule has 0 radical (unpaired) electrons. The summed E-state index contributed by atoms with van der Waals surface area (Å²) in [6, 6.07) is 0. The highest BCUT2D eigenvalue weighted by Crippen LogP contribution is 2.15. The van der Waals surface area contributed by atoms with Crippen LogP contribution in [0.25, 0.3) is 0 Å². The Kier molecular flexibility index (Phi) is 33.8. The molecule has 0 saturated heterocycles. The van der Waals surface area contributed by atoms with E-state index in [0.717, 1.165) is 6.42 Å². The largest absolute Gasteiger partial charge is 0.303 e. The van der Waals surface area contributed by atoms with Crippen LogP contribution in [0.15, 0.2) is 4.99 Å². The smallest absolute Gasteiger partial charge is 0.234 e. The van der Waals surface area contributed by atoms with Crippen molar-refractivity contribution >= 4 is 6.08 Å². The van der Waals surface area contributed by atoms with E-state index in [1.807, 2.05) is 0 Å². The number of rotatable bonds is 33. The summed E-state index contributed by atoms with van der Waals surface area (Å²) in [7, 11) is 0. The van der Waals surface area contributed by atoms with Crippen LogP contribution in [-0.2, 0) is 4.79 Å². The number of isocyanates is 1. The normalized spacial score (nSPS) is 11.3. The molecule has 3 heteroatoms. The average molecular weight is 535 g/mol. The summed E-state index contributed by atoms with van der Waals surface area (Å²) in [5.41, 5.74) is 0. The molecule has 0 unspecified atom stereocenters. The van der Waals surface area contributed by atoms with Gasteiger partial charge in [0.15, 0.2) is 0 Å². The van der Waals surface area contributed by atoms with Gasteiger partial charge in [-0.05, 0) is 45.3 Å². The Morgan fingerprint density at radius 1 is 0.395 bits per heavy atom. The molecule has 0 rings (SSSR count). The molecule has 0 aliphatic rings. The van der Waals surface area contributed by atoms with E-state index in [4.69, 9.17) is 0 Å². The van der Waals surface area contributed by atoms with E-state index in [1.54, 1.807) is 6.08 Å². The first-order valence-corrected chi connectivity index (χ1v) is 17.6. The molecule has 0 aliphatic carbocycles. The molecule has 0 heterocycles. The van der Waals surface area contributed by atoms with Crippen LogP contribution in [0.5, 0.6) is 0 Å². The minimum Gasteiger partial charge on any atom is -0.303 e. The first-order chi connectivity index (χ1) is 18.8. The number of unbranched alkanes of at least 4 members (excludes halogenated alkanes) is 25. The third-order valence-corrected chi connectivity index (χ3v) is 8.21. The van der Waals surface area contributed by atoms with E-state index in [1.165, 1.54) is 193 Å². The lowest BCUT2D eigenvalue weighted by Crippen LogP contribution is -2.27. The lowest BCUT2D eigenvalue weighted by molar-refractivity contribution is 0.254. The second kappa shape index (κ2) is 34.4. The Hall–Kier alpha value is -0.660. The maximum absolute atomic E-state index is 10.0. The van der Waals surface area contributed by atoms with E-state index >= 15 is 0 Å². The Morgan fingerprint density at radius 3 is 0.947 bits per heavy atom. The van der Waals surface area contributed by atoms with Crippen molar-refractivity contribution < 1.29 is 4.79 Å². The first-order valence-electron chi connectivity index (χ1n) is 17.6. The van der Waals surface area contributed by atoms with E-state index in [9.17, 15) is 4.79 Å². The van der Waals surface area contributed by atoms with Crippen molar-refractivity contribution in [2.45, 2.75) is 194 Å². The zero-order valence-electron chi connectivity index (χ0n) is 26.4. The van der Waals surface area contributed by atoms with Crippen LogP contribution >= 0.6 is 0 Å². The van der Waals surface area contributed by atoms with Gasteiger partial charge in [-0.3, -0.25) is 0 Å². The highest BCUT2D eigenvalue weighted by Gasteiger charge is 2.05. The van der Waals surface area contributed by atoms with Crippen LogP contribution in [0.3, 0.4) is 0 Å². The zero-order valence-corrected chi connectivity index (χ0v) is 26.4. The van der Waals surface area contributed by atoms with Gasteiger partial charge in [-0.1, -0.05) is 168 Å². The van der Waals surface area contributed by atoms with Gasteiger partial charge in [0.2, 0.25) is 6.08 Å². The summed E-state index contributed by atoms with van der Waals surface area (Å²) in [6.45, 7) is 9.33. The number of hydrogen-bond donors (Lipinski definition) is 0. The fraction of sp³-hybridized carbons (Fsp3) is 0.971. The van der Waals surface area contributed by atoms with Gasteiger partial charge >= 0.3 is 0 Å². The van der Waals surface area contributed by atoms with E-state index in [-0.39, 0.29) is 0 Å². The van der Waals surface area contributed by atoms with Crippen LogP contribution in [0.4, 0.5) is 0 Å². The molecule has 0 amide bonds. The topological polar surface area (TPSA) is 32.7 Å². The summed E-state index contributed by atoms with van der Waals surface area (Å²) in [5.74, 6) is 0. The van der Waals surface area contributed by atoms with Crippen molar-refractivity contribution in [3.63, 3.8) is 0 Å². The van der Waals surface area contributed by atoms with Crippen LogP contribution in [0.1, 0.15) is 194 Å². The Labute approximate surface area is 240 Å². The van der Waals surface area contributed by atoms with Crippen molar-refractivity contribution in [3.05, 3.63) is 0 Å². The van der Waals surface area contributed by atoms with E-state index in [0.29, 0.717) is 6.54 Å². The van der Waals surface area contributed by atoms with Gasteiger partial charge in [0.1, 0.15) is 0 Å². The highest BCUT2D eigenvalue weighted by molar-refractivity contribution is 5.32. The fourth-order valence-corrected chi connectivity index (χ4v) is 5.61. The Morgan fingerprint density at radius 2 is 0.658 bits per heavy atom. The van der Waals surface area contributed by atoms with Crippen molar-refractivity contribution in [1.82, 2.24) is 4.90 Å². The van der Waals surface area contributed by atoms with Crippen molar-refractivity contribution in [2.75, 3.05) is 26.2 Å². The van der Waals surface area contributed by atoms with Crippen molar-refractivity contribution in [3.8, 4) is 0 Å². The molecule has 38 heavy (non-hydrogen) atoms. The molecule has 0 atom stereocenters. The van der Waals surface area contributed by atoms with Crippen LogP contribution in [0, 0.1) is 0 Å². The van der Waals surface area contributed by atoms with Gasteiger partial charge in [0.25, 0.3) is 0 Å². The van der Waals surface area contributed by atoms with Crippen LogP contribution in [-0.4, -0.2) is 37.2 Å². The molecule has 0 aromatic rings. The Bertz CT molecular complexity index is 459. The van der Waals surface area contributed by atoms with Crippen molar-refractivity contribution in [1.29, 1.82) is 0 Å². The SMILES string of the molecule is CCCCCCCCN(CCCCCCCC)CCCCCCCCCCCCCCCCCCN=C=O. The molecule has 0 aliphatic heterocycles. The molecule has 0 aromatic heterocycles. The minimum absolute atomic E-state index is 0.667. The first kappa shape index (κ1) is 37.3. The molecule has 0 bridgehead atoms. The third-order valence-electron chi connectivity index (χ3n) is 8.21. The highest BCUT2D eigenvalue weighted by atomic mass is 16.1. The lowest BCUT2D eigenvalue weighted by atomic mass is 10.0. The predicted molar refractivity (Wildman–Crippen MR) is 170 cm³/mol. The summed E-state index contributed by atoms with van der Waals surface area (Å²) < 4.78 is 0. The standard InChI is InChI=1S/C35H70N2O/c1-3-5-7-9-24-28-32-37(33-29-25-10-8-6-4-2)34-30-26-22-20-18-16-14-12-11-13-15-17-19-21-23-27-31-36-35-38/h3-34H2,1-2H3. The molecule has 0 spiro atoms. The summed E-state index contributed by atoms with van der Waals surface area (Å²) in [4.78, 5) is 16.4. The molecular weight excluding hydrogens is 464 g/mol. The van der Waals surface area contributed by atoms with Gasteiger partial charge in [0.05, 0.1) is 6.54 Å². The van der Waals surface area contributed by atoms with Crippen LogP contribution < -0.4 is 0 Å². The molecule has 226 valence electrons. The van der Waals surface area contributed by atoms with Gasteiger partial charge in [-0.25, -0.2) is 9.79 Å². The van der Waals surface area contributed by atoms with Gasteiger partial charge in [0, 0.05) is 0 Å². The van der Waals surface area contributed by atoms with Crippen molar-refractivity contribution in [2.24, 2.45) is 4.99 Å². The quantitative estimate of drug-likeness (QED) is 0.0476. The molecule has 0 fully saturated rings. The molecular formula is C35H70N2O. The third kappa shape index (κ3) is 31.6. The summed E-state index contributed by atoms with van der Waals surface area (Å²) >= 11 is 0. The molecule has 0 saturated carbocycles. The van der Waals surface area contributed by atoms with Gasteiger partial charge in [-0.2, -0.15) is 0 Å². The van der Waals surface area contributed by atoms with E-state index < -0.39 is 0 Å². The molecule has 0 aromatic carbocycles. The molecule has 0 N–H and O–H groups in total. The average Bonchev–Trinajstić information content (AvgIpc) is 2.93. The molecule has 3 nitrogen and oxygen atoms in total. The number of hydrogen-bond acceptors (Lipinski definition) is 3. The second-order valence-corrected chi connectivity index (χ2v) is 12.0. The minimum atomic E-state index is 0.667. The number of aliphatic imine (C=N–C) groups is 1. The predicted octanol–water partition coefficient (Wildman–Crippen LogP) is 11.6. The lowest BCUT2D eigenvalue weighted by Gasteiger charge is -2.22. The number of nitrogens with zero attached hydrogens (tertiary/aromatic N) is 2. The van der Waals surface area contributed by atoms with Gasteiger partial charge < -0.3 is 4.90 Å². The zero-order chi connectivity index (χ0) is 27.6. The monoisotopic (exact) mass is 535 g/mol. The summed E-state index contributed by atoms with van der Waals surface area (Å²) in [5, 5.41) is 0. The number of carbonyl (C=O) groups excluding carboxylic acids is 1. The van der Waals surface area contributed by atoms with Gasteiger partial charge in [-0.15, -0.1) is 0 Å². The maximum Gasteiger partial charge on any atom is 0.234 e. The maximum atomic E-state index is 10.0. The van der Waals surface area contributed by atoms with Crippen LogP contribution in [0.2, 0.25) is 0 Å².